The molecule has 8 nitrogen and oxygen atoms in total. The molecule has 1 fully saturated rings. The molecule has 0 spiro atoms. The van der Waals surface area contributed by atoms with Gasteiger partial charge in [0.1, 0.15) is 11.4 Å². The van der Waals surface area contributed by atoms with E-state index in [-0.39, 0.29) is 16.5 Å². The number of nitrogens with one attached hydrogen (secondary N) is 2. The van der Waals surface area contributed by atoms with Crippen LogP contribution in [0.3, 0.4) is 0 Å². The second kappa shape index (κ2) is 15.6. The number of hydrogen-bond donors (Lipinski definition) is 2. The maximum atomic E-state index is 13.5. The average Bonchev–Trinajstić information content (AvgIpc) is 2.89. The molecule has 0 aliphatic carbocycles. The van der Waals surface area contributed by atoms with E-state index in [2.05, 4.69) is 14.8 Å². The van der Waals surface area contributed by atoms with Crippen molar-refractivity contribution in [2.45, 2.75) is 56.3 Å². The van der Waals surface area contributed by atoms with Crippen LogP contribution in [0.2, 0.25) is 0 Å². The molecule has 238 valence electrons. The molecule has 43 heavy (non-hydrogen) atoms. The fraction of sp³-hybridized carbons (Fsp3) is 0.414. The lowest BCUT2D eigenvalue weighted by atomic mass is 10.1. The average molecular weight is 649 g/mol. The number of rotatable bonds is 10. The van der Waals surface area contributed by atoms with Gasteiger partial charge in [-0.3, -0.25) is 4.79 Å². The second-order valence-electron chi connectivity index (χ2n) is 10.6. The third-order valence-corrected chi connectivity index (χ3v) is 8.81. The van der Waals surface area contributed by atoms with Crippen LogP contribution < -0.4 is 10.0 Å². The molecule has 1 heterocycles. The van der Waals surface area contributed by atoms with E-state index in [9.17, 15) is 39.2 Å². The van der Waals surface area contributed by atoms with Crippen molar-refractivity contribution >= 4 is 38.5 Å². The van der Waals surface area contributed by atoms with Crippen molar-refractivity contribution in [1.29, 1.82) is 0 Å². The first kappa shape index (κ1) is 36.1. The Labute approximate surface area is 250 Å². The largest absolute Gasteiger partial charge is 0.462 e. The molecule has 1 aliphatic rings. The number of ether oxygens (including phenoxy) is 1. The molecule has 2 aromatic rings. The van der Waals surface area contributed by atoms with Gasteiger partial charge in [0.2, 0.25) is 10.0 Å². The Hall–Kier alpha value is -3.07. The number of sulfonamides is 1. The summed E-state index contributed by atoms with van der Waals surface area (Å²) in [6.07, 6.45) is 1.26. The van der Waals surface area contributed by atoms with E-state index < -0.39 is 54.5 Å². The lowest BCUT2D eigenvalue weighted by molar-refractivity contribution is -0.139. The topological polar surface area (TPSA) is 119 Å². The number of piperidine rings is 1. The maximum absolute atomic E-state index is 13.5. The Kier molecular flexibility index (Phi) is 13.1. The lowest BCUT2D eigenvalue weighted by Crippen LogP contribution is -2.43. The van der Waals surface area contributed by atoms with Crippen molar-refractivity contribution in [3.8, 4) is 0 Å². The van der Waals surface area contributed by atoms with Gasteiger partial charge in [0.25, 0.3) is 6.47 Å². The highest BCUT2D eigenvalue weighted by atomic mass is 32.2. The van der Waals surface area contributed by atoms with Crippen molar-refractivity contribution in [3.05, 3.63) is 77.1 Å². The lowest BCUT2D eigenvalue weighted by Gasteiger charge is -2.23. The maximum Gasteiger partial charge on any atom is 0.416 e. The highest BCUT2D eigenvalue weighted by Crippen LogP contribution is 2.34. The zero-order chi connectivity index (χ0) is 32.3. The highest BCUT2D eigenvalue weighted by molar-refractivity contribution is 7.91. The summed E-state index contributed by atoms with van der Waals surface area (Å²) in [5, 5.41) is 3.10. The SMILES string of the molecule is CC(C)(C)OC=O.O=S(=O)(CC=Cc1cc(S(=O)(=O)CC=Cc2ccc(F)cc2)ccc1C(F)(F)F)NC1CCNCC1. The monoisotopic (exact) mass is 648 g/mol. The minimum atomic E-state index is -4.77. The van der Waals surface area contributed by atoms with Crippen LogP contribution >= 0.6 is 0 Å². The number of halogens is 4. The van der Waals surface area contributed by atoms with E-state index in [4.69, 9.17) is 0 Å². The van der Waals surface area contributed by atoms with Gasteiger partial charge in [0, 0.05) is 6.04 Å². The van der Waals surface area contributed by atoms with E-state index in [1.165, 1.54) is 36.4 Å². The van der Waals surface area contributed by atoms with Gasteiger partial charge in [0.05, 0.1) is 22.0 Å². The molecule has 1 saturated heterocycles. The summed E-state index contributed by atoms with van der Waals surface area (Å²) in [5.74, 6) is -1.49. The van der Waals surface area contributed by atoms with Crippen molar-refractivity contribution in [3.63, 3.8) is 0 Å². The summed E-state index contributed by atoms with van der Waals surface area (Å²) < 4.78 is 111. The molecule has 0 atom stereocenters. The highest BCUT2D eigenvalue weighted by Gasteiger charge is 2.33. The first-order valence-corrected chi connectivity index (χ1v) is 16.6. The predicted octanol–water partition coefficient (Wildman–Crippen LogP) is 4.97. The molecule has 0 unspecified atom stereocenters. The van der Waals surface area contributed by atoms with Gasteiger partial charge in [-0.05, 0) is 88.2 Å². The van der Waals surface area contributed by atoms with Crippen LogP contribution in [-0.2, 0) is 35.6 Å². The zero-order valence-electron chi connectivity index (χ0n) is 24.0. The molecular formula is C29H36F4N2O6S2. The van der Waals surface area contributed by atoms with E-state index in [1.807, 2.05) is 20.8 Å². The van der Waals surface area contributed by atoms with Gasteiger partial charge in [0.15, 0.2) is 9.84 Å². The second-order valence-corrected chi connectivity index (χ2v) is 14.5. The van der Waals surface area contributed by atoms with Gasteiger partial charge >= 0.3 is 6.18 Å². The molecule has 2 N–H and O–H groups in total. The molecule has 0 aromatic heterocycles. The summed E-state index contributed by atoms with van der Waals surface area (Å²) in [7, 11) is -7.77. The molecule has 1 aliphatic heterocycles. The fourth-order valence-electron chi connectivity index (χ4n) is 3.80. The molecule has 0 saturated carbocycles. The molecule has 2 aromatic carbocycles. The van der Waals surface area contributed by atoms with E-state index in [0.29, 0.717) is 44.0 Å². The van der Waals surface area contributed by atoms with E-state index >= 15 is 0 Å². The van der Waals surface area contributed by atoms with Gasteiger partial charge in [-0.1, -0.05) is 36.4 Å². The first-order valence-electron chi connectivity index (χ1n) is 13.3. The molecule has 0 bridgehead atoms. The van der Waals surface area contributed by atoms with Gasteiger partial charge in [-0.2, -0.15) is 13.2 Å². The normalized spacial score (nSPS) is 15.3. The van der Waals surface area contributed by atoms with Crippen LogP contribution in [0.4, 0.5) is 17.6 Å². The standard InChI is InChI=1S/C24H26F4N2O4S2.C5H10O2/c25-20-7-5-18(6-8-20)3-1-15-35(31,32)22-9-10-23(24(26,27)28)19(17-22)4-2-16-36(33,34)30-21-11-13-29-14-12-21;1-5(2,3)7-4-6/h1-10,17,21,29-30H,11-16H2;4H,1-3H3. The number of benzene rings is 2. The third kappa shape index (κ3) is 13.4. The van der Waals surface area contributed by atoms with Crippen molar-refractivity contribution in [2.24, 2.45) is 0 Å². The zero-order valence-corrected chi connectivity index (χ0v) is 25.7. The van der Waals surface area contributed by atoms with Crippen LogP contribution in [0.25, 0.3) is 12.2 Å². The Balaban J connectivity index is 0.000000821. The number of alkyl halides is 3. The summed E-state index contributed by atoms with van der Waals surface area (Å²) >= 11 is 0. The van der Waals surface area contributed by atoms with Crippen LogP contribution in [0, 0.1) is 5.82 Å². The van der Waals surface area contributed by atoms with Crippen LogP contribution in [0.5, 0.6) is 0 Å². The summed E-state index contributed by atoms with van der Waals surface area (Å²) in [6, 6.07) is 7.50. The molecule has 3 rings (SSSR count). The van der Waals surface area contributed by atoms with E-state index in [1.54, 1.807) is 0 Å². The first-order chi connectivity index (χ1) is 19.9. The molecule has 0 radical (unpaired) electrons. The summed E-state index contributed by atoms with van der Waals surface area (Å²) in [4.78, 5) is 9.26. The van der Waals surface area contributed by atoms with Crippen LogP contribution in [0.15, 0.2) is 59.5 Å². The fourth-order valence-corrected chi connectivity index (χ4v) is 6.11. The van der Waals surface area contributed by atoms with Gasteiger partial charge in [-0.15, -0.1) is 0 Å². The van der Waals surface area contributed by atoms with Crippen molar-refractivity contribution in [2.75, 3.05) is 24.6 Å². The van der Waals surface area contributed by atoms with Gasteiger partial charge in [-0.25, -0.2) is 25.9 Å². The van der Waals surface area contributed by atoms with Gasteiger partial charge < -0.3 is 10.1 Å². The van der Waals surface area contributed by atoms with Crippen molar-refractivity contribution in [1.82, 2.24) is 10.0 Å². The van der Waals surface area contributed by atoms with Crippen LogP contribution in [-0.4, -0.2) is 59.5 Å². The Morgan fingerprint density at radius 1 is 0.930 bits per heavy atom. The summed E-state index contributed by atoms with van der Waals surface area (Å²) in [5.41, 5.74) is -1.30. The Morgan fingerprint density at radius 3 is 2.07 bits per heavy atom. The molecular weight excluding hydrogens is 612 g/mol. The molecule has 0 amide bonds. The number of carbonyl (C=O) groups is 1. The smallest absolute Gasteiger partial charge is 0.416 e. The van der Waals surface area contributed by atoms with E-state index in [0.717, 1.165) is 24.3 Å². The number of sulfone groups is 1. The minimum absolute atomic E-state index is 0.244. The Morgan fingerprint density at radius 2 is 1.53 bits per heavy atom. The number of carbonyl (C=O) groups excluding carboxylic acids is 1. The predicted molar refractivity (Wildman–Crippen MR) is 158 cm³/mol. The van der Waals surface area contributed by atoms with Crippen molar-refractivity contribution < 1.29 is 43.9 Å². The summed E-state index contributed by atoms with van der Waals surface area (Å²) in [6.45, 7) is 7.25. The quantitative estimate of drug-likeness (QED) is 0.276. The number of hydrogen-bond acceptors (Lipinski definition) is 7. The molecule has 14 heteroatoms. The third-order valence-electron chi connectivity index (χ3n) is 5.88. The minimum Gasteiger partial charge on any atom is -0.462 e. The van der Waals surface area contributed by atoms with Crippen LogP contribution in [0.1, 0.15) is 50.3 Å². The Bertz CT molecular complexity index is 1480.